The molecule has 0 aromatic rings. The van der Waals surface area contributed by atoms with Crippen LogP contribution in [0.25, 0.3) is 0 Å². The number of rotatable bonds is 28. The van der Waals surface area contributed by atoms with Gasteiger partial charge < -0.3 is 97.4 Å². The van der Waals surface area contributed by atoms with Gasteiger partial charge in [-0.2, -0.15) is 0 Å². The van der Waals surface area contributed by atoms with Crippen molar-refractivity contribution in [2.24, 2.45) is 46.4 Å². The van der Waals surface area contributed by atoms with Gasteiger partial charge in [0.05, 0.1) is 12.2 Å². The van der Waals surface area contributed by atoms with Crippen LogP contribution < -0.4 is 87.2 Å². The van der Waals surface area contributed by atoms with Gasteiger partial charge in [-0.3, -0.25) is 52.7 Å². The summed E-state index contributed by atoms with van der Waals surface area (Å²) in [4.78, 5) is 152. The Morgan fingerprint density at radius 1 is 0.543 bits per heavy atom. The summed E-state index contributed by atoms with van der Waals surface area (Å²) in [6, 6.07) is -14.5. The summed E-state index contributed by atoms with van der Waals surface area (Å²) in [5.74, 6) is -9.93. The van der Waals surface area contributed by atoms with Crippen LogP contribution in [0.5, 0.6) is 0 Å². The summed E-state index contributed by atoms with van der Waals surface area (Å²) in [6.45, 7) is 12.3. The molecule has 81 heavy (non-hydrogen) atoms. The molecule has 0 spiro atoms. The van der Waals surface area contributed by atoms with Gasteiger partial charge in [0.25, 0.3) is 0 Å². The number of unbranched alkanes of at least 4 members (excludes halogenated alkanes) is 1. The summed E-state index contributed by atoms with van der Waals surface area (Å²) < 4.78 is 0. The van der Waals surface area contributed by atoms with Crippen molar-refractivity contribution in [2.75, 3.05) is 39.3 Å². The number of aliphatic hydroxyl groups is 2. The van der Waals surface area contributed by atoms with Crippen molar-refractivity contribution in [3.8, 4) is 0 Å². The molecule has 1 fully saturated rings. The molecule has 0 aromatic carbocycles. The van der Waals surface area contributed by atoms with Crippen molar-refractivity contribution in [1.82, 2.24) is 58.5 Å². The van der Waals surface area contributed by atoms with Gasteiger partial charge in [-0.15, -0.1) is 0 Å². The molecule has 464 valence electrons. The first-order valence-corrected chi connectivity index (χ1v) is 28.4. The van der Waals surface area contributed by atoms with E-state index in [2.05, 4.69) is 72.3 Å². The second-order valence-corrected chi connectivity index (χ2v) is 21.5. The fourth-order valence-electron chi connectivity index (χ4n) is 8.57. The third kappa shape index (κ3) is 26.6. The predicted molar refractivity (Wildman–Crippen MR) is 301 cm³/mol. The summed E-state index contributed by atoms with van der Waals surface area (Å²) in [7, 11) is 0. The molecule has 4 unspecified atom stereocenters. The lowest BCUT2D eigenvalue weighted by molar-refractivity contribution is -0.137. The van der Waals surface area contributed by atoms with Crippen molar-refractivity contribution in [1.29, 1.82) is 0 Å². The highest BCUT2D eigenvalue weighted by molar-refractivity contribution is 5.99. The topological polar surface area (TPSA) is 491 Å². The van der Waals surface area contributed by atoms with E-state index in [0.717, 1.165) is 19.3 Å². The van der Waals surface area contributed by atoms with Crippen molar-refractivity contribution in [3.05, 3.63) is 0 Å². The zero-order valence-electron chi connectivity index (χ0n) is 48.7. The summed E-state index contributed by atoms with van der Waals surface area (Å²) >= 11 is 0. The second kappa shape index (κ2) is 38.6. The van der Waals surface area contributed by atoms with Gasteiger partial charge in [0.2, 0.25) is 65.0 Å². The maximum Gasteiger partial charge on any atom is 0.245 e. The van der Waals surface area contributed by atoms with Crippen LogP contribution in [-0.4, -0.2) is 187 Å². The van der Waals surface area contributed by atoms with Gasteiger partial charge in [-0.25, -0.2) is 0 Å². The smallest absolute Gasteiger partial charge is 0.245 e. The minimum Gasteiger partial charge on any atom is -0.391 e. The van der Waals surface area contributed by atoms with Crippen LogP contribution in [0.1, 0.15) is 132 Å². The highest BCUT2D eigenvalue weighted by Gasteiger charge is 2.38. The van der Waals surface area contributed by atoms with Gasteiger partial charge in [0.15, 0.2) is 0 Å². The lowest BCUT2D eigenvalue weighted by atomic mass is 9.99. The standard InChI is InChI=1S/C52H98N16O13/c1-9-29(6)12-10-11-13-39(71)59-32(14-20-53)47(76)68-42(31(8)70)52(81)64-35(17-23-56)44(73)62-37-19-25-58-50(79)41(30(7)69)67-48(77)36(18-24-57)61-43(72)34(16-22-55)63-51(80)40(28(4)5)66-49(78)38(26-27(2)3)65-45(74)33(15-21-54)60-46(37)75/h27-38,40-42,69-70H,9-26,53-57H2,1-8H3,(H,58,79)(H,59,71)(H,60,75)(H,61,72)(H,62,73)(H,63,80)(H,64,81)(H,65,74)(H,66,78)(H,67,77)(H,68,76)/t29?,30-,31-,32+,33?,34+,35+,36+,37?,38-,40+,41?,42+/m1/s1. The summed E-state index contributed by atoms with van der Waals surface area (Å²) in [5.41, 5.74) is 29.2. The van der Waals surface area contributed by atoms with E-state index in [-0.39, 0.29) is 83.6 Å². The number of carbonyl (C=O) groups excluding carboxylic acids is 11. The normalized spacial score (nSPS) is 23.6. The lowest BCUT2D eigenvalue weighted by Gasteiger charge is -2.29. The van der Waals surface area contributed by atoms with Crippen LogP contribution >= 0.6 is 0 Å². The molecule has 1 heterocycles. The third-order valence-corrected chi connectivity index (χ3v) is 13.6. The zero-order chi connectivity index (χ0) is 61.5. The van der Waals surface area contributed by atoms with E-state index in [0.29, 0.717) is 12.3 Å². The Hall–Kier alpha value is -6.11. The molecule has 0 aromatic heterocycles. The Morgan fingerprint density at radius 2 is 1.02 bits per heavy atom. The Balaban J connectivity index is 3.79. The zero-order valence-corrected chi connectivity index (χ0v) is 48.7. The highest BCUT2D eigenvalue weighted by atomic mass is 16.3. The maximum absolute atomic E-state index is 14.4. The number of carbonyl (C=O) groups is 11. The Morgan fingerprint density at radius 3 is 1.51 bits per heavy atom. The number of amides is 11. The number of hydrogen-bond acceptors (Lipinski definition) is 18. The van der Waals surface area contributed by atoms with Crippen LogP contribution in [-0.2, 0) is 52.7 Å². The van der Waals surface area contributed by atoms with E-state index in [9.17, 15) is 63.0 Å². The Kier molecular flexibility index (Phi) is 34.7. The third-order valence-electron chi connectivity index (χ3n) is 13.6. The van der Waals surface area contributed by atoms with E-state index >= 15 is 0 Å². The van der Waals surface area contributed by atoms with Gasteiger partial charge in [-0.1, -0.05) is 60.8 Å². The summed E-state index contributed by atoms with van der Waals surface area (Å²) in [5, 5.41) is 49.4. The van der Waals surface area contributed by atoms with Crippen LogP contribution in [0, 0.1) is 17.8 Å². The van der Waals surface area contributed by atoms with E-state index in [1.165, 1.54) is 13.8 Å². The number of hydrogen-bond donors (Lipinski definition) is 18. The molecule has 0 radical (unpaired) electrons. The molecule has 23 N–H and O–H groups in total. The van der Waals surface area contributed by atoms with Crippen molar-refractivity contribution < 1.29 is 63.0 Å². The van der Waals surface area contributed by atoms with Crippen LogP contribution in [0.4, 0.5) is 0 Å². The largest absolute Gasteiger partial charge is 0.391 e. The molecule has 0 aliphatic carbocycles. The van der Waals surface area contributed by atoms with Crippen molar-refractivity contribution in [2.45, 2.75) is 205 Å². The number of aliphatic hydroxyl groups excluding tert-OH is 2. The molecule has 29 heteroatoms. The Bertz CT molecular complexity index is 2050. The molecule has 0 saturated carbocycles. The quantitative estimate of drug-likeness (QED) is 0.0325. The van der Waals surface area contributed by atoms with Gasteiger partial charge in [0.1, 0.15) is 60.4 Å². The fraction of sp³-hybridized carbons (Fsp3) is 0.788. The number of nitrogens with one attached hydrogen (secondary N) is 11. The molecular formula is C52H98N16O13. The predicted octanol–water partition coefficient (Wildman–Crippen LogP) is -5.83. The van der Waals surface area contributed by atoms with Crippen molar-refractivity contribution >= 4 is 65.0 Å². The first kappa shape index (κ1) is 72.9. The molecular weight excluding hydrogens is 1060 g/mol. The maximum atomic E-state index is 14.4. The molecule has 13 atom stereocenters. The molecule has 1 saturated heterocycles. The summed E-state index contributed by atoms with van der Waals surface area (Å²) in [6.07, 6.45) is -0.840. The van der Waals surface area contributed by atoms with Crippen LogP contribution in [0.2, 0.25) is 0 Å². The minimum atomic E-state index is -1.69. The molecule has 1 aliphatic heterocycles. The SMILES string of the molecule is CCC(C)CCCCC(=O)N[C@@H](CCN)C(=O)N[C@H](C(=O)N[C@@H](CCN)C(=O)NC1CCNC(=O)C([C@@H](C)O)NC(=O)[C@H](CCN)NC(=O)[C@H](CCN)NC(=O)[C@H](C(C)C)NC(=O)[C@@H](CC(C)C)NC(=O)C(CCN)NC1=O)[C@@H](C)O. The number of nitrogens with two attached hydrogens (primary N) is 5. The average molecular weight is 1160 g/mol. The van der Waals surface area contributed by atoms with Crippen LogP contribution in [0.3, 0.4) is 0 Å². The van der Waals surface area contributed by atoms with E-state index < -0.39 is 156 Å². The monoisotopic (exact) mass is 1150 g/mol. The van der Waals surface area contributed by atoms with E-state index in [1.807, 2.05) is 0 Å². The molecule has 11 amide bonds. The van der Waals surface area contributed by atoms with E-state index in [1.54, 1.807) is 27.7 Å². The van der Waals surface area contributed by atoms with E-state index in [4.69, 9.17) is 28.7 Å². The molecule has 1 rings (SSSR count). The second-order valence-electron chi connectivity index (χ2n) is 21.5. The van der Waals surface area contributed by atoms with Gasteiger partial charge in [0, 0.05) is 13.0 Å². The van der Waals surface area contributed by atoms with Crippen molar-refractivity contribution in [3.63, 3.8) is 0 Å². The average Bonchev–Trinajstić information content (AvgIpc) is 3.39. The molecule has 1 aliphatic rings. The minimum absolute atomic E-state index is 0.0132. The first-order chi connectivity index (χ1) is 38.2. The van der Waals surface area contributed by atoms with Gasteiger partial charge in [-0.05, 0) is 116 Å². The van der Waals surface area contributed by atoms with Gasteiger partial charge >= 0.3 is 0 Å². The molecule has 29 nitrogen and oxygen atoms in total. The van der Waals surface area contributed by atoms with Crippen LogP contribution in [0.15, 0.2) is 0 Å². The highest BCUT2D eigenvalue weighted by Crippen LogP contribution is 2.14. The first-order valence-electron chi connectivity index (χ1n) is 28.4. The fourth-order valence-corrected chi connectivity index (χ4v) is 8.57. The lowest BCUT2D eigenvalue weighted by Crippen LogP contribution is -2.62. The molecule has 0 bridgehead atoms. The Labute approximate surface area is 475 Å².